The molecule has 138 valence electrons. The van der Waals surface area contributed by atoms with Crippen LogP contribution in [0.5, 0.6) is 11.5 Å². The number of carbonyl (C=O) groups excluding carboxylic acids is 1. The predicted molar refractivity (Wildman–Crippen MR) is 102 cm³/mol. The first-order valence-electron chi connectivity index (χ1n) is 8.39. The highest BCUT2D eigenvalue weighted by Crippen LogP contribution is 2.27. The van der Waals surface area contributed by atoms with Gasteiger partial charge in [-0.2, -0.15) is 0 Å². The van der Waals surface area contributed by atoms with E-state index in [-0.39, 0.29) is 5.91 Å². The molecule has 0 N–H and O–H groups in total. The van der Waals surface area contributed by atoms with Gasteiger partial charge in [-0.25, -0.2) is 0 Å². The number of nitrogens with zero attached hydrogens (tertiary/aromatic N) is 2. The minimum Gasteiger partial charge on any atom is -0.493 e. The molecule has 2 rings (SSSR count). The van der Waals surface area contributed by atoms with Gasteiger partial charge in [-0.3, -0.25) is 4.79 Å². The van der Waals surface area contributed by atoms with Gasteiger partial charge >= 0.3 is 0 Å². The van der Waals surface area contributed by atoms with E-state index >= 15 is 0 Å². The van der Waals surface area contributed by atoms with Crippen molar-refractivity contribution >= 4 is 17.8 Å². The van der Waals surface area contributed by atoms with E-state index in [2.05, 4.69) is 5.16 Å². The molecule has 0 aliphatic carbocycles. The summed E-state index contributed by atoms with van der Waals surface area (Å²) in [4.78, 5) is 19.2. The molecule has 1 atom stereocenters. The zero-order chi connectivity index (χ0) is 18.9. The summed E-state index contributed by atoms with van der Waals surface area (Å²) < 4.78 is 10.8. The number of anilines is 1. The van der Waals surface area contributed by atoms with Gasteiger partial charge in [0.05, 0.1) is 19.9 Å². The zero-order valence-electron chi connectivity index (χ0n) is 15.5. The number of methoxy groups -OCH3 is 1. The van der Waals surface area contributed by atoms with E-state index in [1.54, 1.807) is 38.1 Å². The number of para-hydroxylation sites is 1. The van der Waals surface area contributed by atoms with E-state index < -0.39 is 6.10 Å². The van der Waals surface area contributed by atoms with Gasteiger partial charge in [-0.15, -0.1) is 0 Å². The molecule has 6 nitrogen and oxygen atoms in total. The number of hydrogen-bond acceptors (Lipinski definition) is 5. The summed E-state index contributed by atoms with van der Waals surface area (Å²) in [5.74, 6) is 1.10. The monoisotopic (exact) mass is 356 g/mol. The molecule has 0 aliphatic rings. The highest BCUT2D eigenvalue weighted by molar-refractivity contribution is 5.95. The first-order chi connectivity index (χ1) is 12.6. The number of amides is 1. The van der Waals surface area contributed by atoms with Crippen LogP contribution in [0.1, 0.15) is 19.4 Å². The van der Waals surface area contributed by atoms with Gasteiger partial charge in [0.2, 0.25) is 6.10 Å². The summed E-state index contributed by atoms with van der Waals surface area (Å²) in [6.45, 7) is 4.13. The van der Waals surface area contributed by atoms with Crippen LogP contribution in [-0.4, -0.2) is 39.0 Å². The summed E-state index contributed by atoms with van der Waals surface area (Å²) in [7, 11) is 3.29. The van der Waals surface area contributed by atoms with Gasteiger partial charge < -0.3 is 19.2 Å². The highest BCUT2D eigenvalue weighted by Gasteiger charge is 2.20. The molecule has 0 bridgehead atoms. The van der Waals surface area contributed by atoms with Crippen molar-refractivity contribution in [1.82, 2.24) is 0 Å². The molecule has 26 heavy (non-hydrogen) atoms. The first-order valence-corrected chi connectivity index (χ1v) is 8.39. The third kappa shape index (κ3) is 4.99. The number of likely N-dealkylation sites (N-methyl/N-ethyl adjacent to an activating group) is 1. The van der Waals surface area contributed by atoms with Gasteiger partial charge in [0.25, 0.3) is 5.91 Å². The standard InChI is InChI=1S/C20H24N2O4/c1-5-25-18-12-11-16(13-19(18)24-4)14-21-26-15(2)20(23)22(3)17-9-7-6-8-10-17/h6-15H,5H2,1-4H3/b21-14+. The average molecular weight is 356 g/mol. The van der Waals surface area contributed by atoms with Crippen molar-refractivity contribution in [2.75, 3.05) is 25.7 Å². The first kappa shape index (κ1) is 19.3. The van der Waals surface area contributed by atoms with Crippen LogP contribution in [0.25, 0.3) is 0 Å². The van der Waals surface area contributed by atoms with Crippen LogP contribution in [0.4, 0.5) is 5.69 Å². The van der Waals surface area contributed by atoms with Gasteiger partial charge in [0.15, 0.2) is 11.5 Å². The maximum absolute atomic E-state index is 12.4. The van der Waals surface area contributed by atoms with Crippen molar-refractivity contribution in [3.05, 3.63) is 54.1 Å². The van der Waals surface area contributed by atoms with Crippen molar-refractivity contribution in [2.45, 2.75) is 20.0 Å². The SMILES string of the molecule is CCOc1ccc(/C=N/OC(C)C(=O)N(C)c2ccccc2)cc1OC. The summed E-state index contributed by atoms with van der Waals surface area (Å²) in [5, 5.41) is 3.92. The van der Waals surface area contributed by atoms with Crippen LogP contribution in [0.15, 0.2) is 53.7 Å². The Morgan fingerprint density at radius 1 is 1.19 bits per heavy atom. The second-order valence-corrected chi connectivity index (χ2v) is 5.56. The fourth-order valence-electron chi connectivity index (χ4n) is 2.32. The minimum atomic E-state index is -0.707. The van der Waals surface area contributed by atoms with Crippen molar-refractivity contribution in [3.8, 4) is 11.5 Å². The Morgan fingerprint density at radius 2 is 1.92 bits per heavy atom. The Kier molecular flexibility index (Phi) is 7.02. The third-order valence-electron chi connectivity index (χ3n) is 3.73. The summed E-state index contributed by atoms with van der Waals surface area (Å²) in [6, 6.07) is 14.8. The molecule has 2 aromatic rings. The lowest BCUT2D eigenvalue weighted by Gasteiger charge is -2.20. The Labute approximate surface area is 154 Å². The Morgan fingerprint density at radius 3 is 2.58 bits per heavy atom. The third-order valence-corrected chi connectivity index (χ3v) is 3.73. The summed E-state index contributed by atoms with van der Waals surface area (Å²) in [5.41, 5.74) is 1.58. The molecule has 1 unspecified atom stereocenters. The van der Waals surface area contributed by atoms with Crippen LogP contribution < -0.4 is 14.4 Å². The number of hydrogen-bond donors (Lipinski definition) is 0. The van der Waals surface area contributed by atoms with Crippen molar-refractivity contribution in [3.63, 3.8) is 0 Å². The van der Waals surface area contributed by atoms with E-state index in [1.165, 1.54) is 6.21 Å². The highest BCUT2D eigenvalue weighted by atomic mass is 16.6. The fraction of sp³-hybridized carbons (Fsp3) is 0.300. The molecule has 0 spiro atoms. The van der Waals surface area contributed by atoms with Crippen molar-refractivity contribution in [1.29, 1.82) is 0 Å². The molecule has 2 aromatic carbocycles. The van der Waals surface area contributed by atoms with E-state index in [9.17, 15) is 4.79 Å². The van der Waals surface area contributed by atoms with E-state index in [0.717, 1.165) is 11.3 Å². The van der Waals surface area contributed by atoms with Crippen LogP contribution in [0.2, 0.25) is 0 Å². The maximum Gasteiger partial charge on any atom is 0.270 e. The average Bonchev–Trinajstić information content (AvgIpc) is 2.68. The lowest BCUT2D eigenvalue weighted by molar-refractivity contribution is -0.128. The van der Waals surface area contributed by atoms with Gasteiger partial charge in [0.1, 0.15) is 0 Å². The molecule has 0 heterocycles. The molecule has 6 heteroatoms. The Bertz CT molecular complexity index is 747. The molecule has 1 amide bonds. The molecule has 0 saturated heterocycles. The van der Waals surface area contributed by atoms with Crippen LogP contribution in [0.3, 0.4) is 0 Å². The largest absolute Gasteiger partial charge is 0.493 e. The Hall–Kier alpha value is -3.02. The van der Waals surface area contributed by atoms with Gasteiger partial charge in [-0.05, 0) is 44.2 Å². The van der Waals surface area contributed by atoms with E-state index in [0.29, 0.717) is 18.1 Å². The second-order valence-electron chi connectivity index (χ2n) is 5.56. The number of rotatable bonds is 8. The number of oxime groups is 1. The molecule has 0 aromatic heterocycles. The fourth-order valence-corrected chi connectivity index (χ4v) is 2.32. The van der Waals surface area contributed by atoms with Crippen molar-refractivity contribution < 1.29 is 19.1 Å². The maximum atomic E-state index is 12.4. The molecule has 0 fully saturated rings. The summed E-state index contributed by atoms with van der Waals surface area (Å²) >= 11 is 0. The van der Waals surface area contributed by atoms with Crippen LogP contribution in [-0.2, 0) is 9.63 Å². The normalized spacial score (nSPS) is 11.8. The molecule has 0 saturated carbocycles. The number of ether oxygens (including phenoxy) is 2. The van der Waals surface area contributed by atoms with E-state index in [4.69, 9.17) is 14.3 Å². The van der Waals surface area contributed by atoms with E-state index in [1.807, 2.05) is 43.3 Å². The lowest BCUT2D eigenvalue weighted by atomic mass is 10.2. The van der Waals surface area contributed by atoms with Crippen LogP contribution >= 0.6 is 0 Å². The topological polar surface area (TPSA) is 60.4 Å². The molecular weight excluding hydrogens is 332 g/mol. The molecular formula is C20H24N2O4. The second kappa shape index (κ2) is 9.46. The lowest BCUT2D eigenvalue weighted by Crippen LogP contribution is -2.35. The Balaban J connectivity index is 1.98. The smallest absolute Gasteiger partial charge is 0.270 e. The minimum absolute atomic E-state index is 0.183. The predicted octanol–water partition coefficient (Wildman–Crippen LogP) is 3.50. The number of carbonyl (C=O) groups is 1. The zero-order valence-corrected chi connectivity index (χ0v) is 15.5. The molecule has 0 aliphatic heterocycles. The van der Waals surface area contributed by atoms with Gasteiger partial charge in [-0.1, -0.05) is 23.4 Å². The van der Waals surface area contributed by atoms with Crippen molar-refractivity contribution in [2.24, 2.45) is 5.16 Å². The van der Waals surface area contributed by atoms with Gasteiger partial charge in [0, 0.05) is 18.3 Å². The molecule has 0 radical (unpaired) electrons. The van der Waals surface area contributed by atoms with Crippen LogP contribution in [0, 0.1) is 0 Å². The number of benzene rings is 2. The summed E-state index contributed by atoms with van der Waals surface area (Å²) in [6.07, 6.45) is 0.825. The quantitative estimate of drug-likeness (QED) is 0.536.